The number of halogens is 1. The van der Waals surface area contributed by atoms with Crippen LogP contribution < -0.4 is 5.32 Å². The number of nitrogens with zero attached hydrogens (tertiary/aromatic N) is 2. The predicted octanol–water partition coefficient (Wildman–Crippen LogP) is 2.59. The fourth-order valence-electron chi connectivity index (χ4n) is 1.44. The third-order valence-electron chi connectivity index (χ3n) is 2.08. The number of carbonyl (C=O) groups excluding carboxylic acids is 1. The van der Waals surface area contributed by atoms with Gasteiger partial charge in [-0.3, -0.25) is 4.39 Å². The quantitative estimate of drug-likeness (QED) is 0.828. The number of rotatable bonds is 1. The second kappa shape index (κ2) is 5.98. The Balaban J connectivity index is 0.000000686. The van der Waals surface area contributed by atoms with Crippen LogP contribution in [0.15, 0.2) is 30.5 Å². The summed E-state index contributed by atoms with van der Waals surface area (Å²) in [5.74, 6) is 0. The van der Waals surface area contributed by atoms with Gasteiger partial charge in [-0.1, -0.05) is 18.2 Å². The van der Waals surface area contributed by atoms with Gasteiger partial charge in [0.2, 0.25) is 0 Å². The maximum atomic E-state index is 11.7. The first-order valence-corrected chi connectivity index (χ1v) is 5.30. The van der Waals surface area contributed by atoms with Crippen LogP contribution in [0.1, 0.15) is 13.8 Å². The molecule has 0 unspecified atom stereocenters. The van der Waals surface area contributed by atoms with E-state index in [1.807, 2.05) is 38.1 Å². The van der Waals surface area contributed by atoms with Crippen LogP contribution in [0.5, 0.6) is 0 Å². The standard InChI is InChI=1S/C11H13N3O.CH3F/c1-8(2)13-11(15)14-10-6-4-3-5-9(10)7-12-14;1-2/h3-8H,1-2H3,(H,13,15);1H3. The lowest BCUT2D eigenvalue weighted by Gasteiger charge is -2.08. The van der Waals surface area contributed by atoms with E-state index in [4.69, 9.17) is 0 Å². The Morgan fingerprint density at radius 2 is 2.00 bits per heavy atom. The Hall–Kier alpha value is -1.91. The average molecular weight is 237 g/mol. The van der Waals surface area contributed by atoms with Crippen LogP contribution >= 0.6 is 0 Å². The zero-order valence-electron chi connectivity index (χ0n) is 10.1. The molecule has 1 heterocycles. The van der Waals surface area contributed by atoms with E-state index in [9.17, 15) is 9.18 Å². The molecule has 17 heavy (non-hydrogen) atoms. The number of alkyl halides is 1. The van der Waals surface area contributed by atoms with Crippen molar-refractivity contribution in [3.05, 3.63) is 30.5 Å². The summed E-state index contributed by atoms with van der Waals surface area (Å²) in [6.07, 6.45) is 1.69. The third-order valence-corrected chi connectivity index (χ3v) is 2.08. The van der Waals surface area contributed by atoms with Crippen molar-refractivity contribution in [1.82, 2.24) is 15.1 Å². The fourth-order valence-corrected chi connectivity index (χ4v) is 1.44. The van der Waals surface area contributed by atoms with Crippen LogP contribution in [-0.4, -0.2) is 29.0 Å². The summed E-state index contributed by atoms with van der Waals surface area (Å²) >= 11 is 0. The van der Waals surface area contributed by atoms with Gasteiger partial charge in [-0.25, -0.2) is 4.79 Å². The number of nitrogens with one attached hydrogen (secondary N) is 1. The van der Waals surface area contributed by atoms with Crippen molar-refractivity contribution >= 4 is 16.9 Å². The highest BCUT2D eigenvalue weighted by molar-refractivity contribution is 5.89. The Bertz CT molecular complexity index is 493. The molecule has 0 spiro atoms. The monoisotopic (exact) mass is 237 g/mol. The van der Waals surface area contributed by atoms with E-state index in [1.54, 1.807) is 6.20 Å². The zero-order chi connectivity index (χ0) is 12.8. The topological polar surface area (TPSA) is 46.9 Å². The molecule has 0 fully saturated rings. The lowest BCUT2D eigenvalue weighted by Crippen LogP contribution is -2.34. The first-order chi connectivity index (χ1) is 8.18. The van der Waals surface area contributed by atoms with E-state index in [2.05, 4.69) is 10.4 Å². The number of benzene rings is 1. The van der Waals surface area contributed by atoms with Crippen LogP contribution in [0.3, 0.4) is 0 Å². The van der Waals surface area contributed by atoms with Crippen LogP contribution in [-0.2, 0) is 0 Å². The van der Waals surface area contributed by atoms with Gasteiger partial charge >= 0.3 is 6.03 Å². The molecule has 0 saturated heterocycles. The van der Waals surface area contributed by atoms with Crippen LogP contribution in [0, 0.1) is 0 Å². The molecule has 0 saturated carbocycles. The van der Waals surface area contributed by atoms with Crippen molar-refractivity contribution < 1.29 is 9.18 Å². The van der Waals surface area contributed by atoms with E-state index in [0.29, 0.717) is 7.18 Å². The second-order valence-corrected chi connectivity index (χ2v) is 3.72. The molecule has 5 heteroatoms. The minimum atomic E-state index is -0.189. The van der Waals surface area contributed by atoms with Gasteiger partial charge in [0, 0.05) is 11.4 Å². The molecule has 1 aromatic heterocycles. The Labute approximate surface area is 99.4 Å². The number of para-hydroxylation sites is 1. The van der Waals surface area contributed by atoms with E-state index < -0.39 is 0 Å². The van der Waals surface area contributed by atoms with Gasteiger partial charge in [0.15, 0.2) is 0 Å². The first kappa shape index (κ1) is 13.2. The van der Waals surface area contributed by atoms with E-state index in [-0.39, 0.29) is 12.1 Å². The number of amides is 1. The molecule has 0 atom stereocenters. The summed E-state index contributed by atoms with van der Waals surface area (Å²) in [6, 6.07) is 7.55. The Morgan fingerprint density at radius 1 is 1.35 bits per heavy atom. The van der Waals surface area contributed by atoms with Crippen molar-refractivity contribution in [2.75, 3.05) is 7.18 Å². The molecule has 4 nitrogen and oxygen atoms in total. The summed E-state index contributed by atoms with van der Waals surface area (Å²) in [5, 5.41) is 7.82. The summed E-state index contributed by atoms with van der Waals surface area (Å²) in [6.45, 7) is 3.84. The van der Waals surface area contributed by atoms with Crippen molar-refractivity contribution in [3.8, 4) is 0 Å². The normalized spacial score (nSPS) is 9.94. The highest BCUT2D eigenvalue weighted by Gasteiger charge is 2.09. The molecule has 0 aliphatic rings. The van der Waals surface area contributed by atoms with E-state index in [0.717, 1.165) is 10.9 Å². The maximum absolute atomic E-state index is 11.7. The molecule has 0 aliphatic carbocycles. The predicted molar refractivity (Wildman–Crippen MR) is 65.8 cm³/mol. The molecule has 1 aromatic carbocycles. The molecule has 1 N–H and O–H groups in total. The highest BCUT2D eigenvalue weighted by atomic mass is 19.1. The Kier molecular flexibility index (Phi) is 4.63. The molecule has 2 rings (SSSR count). The minimum Gasteiger partial charge on any atom is -0.334 e. The van der Waals surface area contributed by atoms with Crippen LogP contribution in [0.2, 0.25) is 0 Å². The molecule has 0 bridgehead atoms. The van der Waals surface area contributed by atoms with Crippen molar-refractivity contribution in [3.63, 3.8) is 0 Å². The Morgan fingerprint density at radius 3 is 2.65 bits per heavy atom. The number of aromatic nitrogens is 2. The molecular weight excluding hydrogens is 221 g/mol. The van der Waals surface area contributed by atoms with Gasteiger partial charge in [-0.2, -0.15) is 9.78 Å². The average Bonchev–Trinajstić information content (AvgIpc) is 2.74. The molecule has 1 amide bonds. The van der Waals surface area contributed by atoms with Crippen molar-refractivity contribution in [2.45, 2.75) is 19.9 Å². The first-order valence-electron chi connectivity index (χ1n) is 5.30. The number of hydrogen-bond donors (Lipinski definition) is 1. The van der Waals surface area contributed by atoms with E-state index >= 15 is 0 Å². The minimum absolute atomic E-state index is 0.112. The van der Waals surface area contributed by atoms with Gasteiger partial charge in [-0.05, 0) is 19.9 Å². The lowest BCUT2D eigenvalue weighted by molar-refractivity contribution is 0.238. The van der Waals surface area contributed by atoms with Crippen LogP contribution in [0.25, 0.3) is 10.9 Å². The molecule has 0 aliphatic heterocycles. The molecule has 2 aromatic rings. The van der Waals surface area contributed by atoms with Gasteiger partial charge in [0.25, 0.3) is 0 Å². The molecular formula is C12H16FN3O. The number of fused-ring (bicyclic) bond motifs is 1. The number of carbonyl (C=O) groups is 1. The largest absolute Gasteiger partial charge is 0.342 e. The smallest absolute Gasteiger partial charge is 0.334 e. The van der Waals surface area contributed by atoms with E-state index in [1.165, 1.54) is 4.68 Å². The molecule has 0 radical (unpaired) electrons. The summed E-state index contributed by atoms with van der Waals surface area (Å²) in [5.41, 5.74) is 0.829. The second-order valence-electron chi connectivity index (χ2n) is 3.72. The summed E-state index contributed by atoms with van der Waals surface area (Å²) < 4.78 is 10.9. The maximum Gasteiger partial charge on any atom is 0.342 e. The van der Waals surface area contributed by atoms with Gasteiger partial charge in [0.1, 0.15) is 0 Å². The SMILES string of the molecule is CC(C)NC(=O)n1ncc2ccccc21.CF. The van der Waals surface area contributed by atoms with Crippen molar-refractivity contribution in [1.29, 1.82) is 0 Å². The summed E-state index contributed by atoms with van der Waals surface area (Å²) in [4.78, 5) is 11.7. The third kappa shape index (κ3) is 3.03. The van der Waals surface area contributed by atoms with Gasteiger partial charge < -0.3 is 5.32 Å². The lowest BCUT2D eigenvalue weighted by atomic mass is 10.3. The molecule has 92 valence electrons. The summed E-state index contributed by atoms with van der Waals surface area (Å²) in [7, 11) is 0.500. The fraction of sp³-hybridized carbons (Fsp3) is 0.333. The number of hydrogen-bond acceptors (Lipinski definition) is 2. The zero-order valence-corrected chi connectivity index (χ0v) is 10.1. The highest BCUT2D eigenvalue weighted by Crippen LogP contribution is 2.11. The van der Waals surface area contributed by atoms with Crippen LogP contribution in [0.4, 0.5) is 9.18 Å². The van der Waals surface area contributed by atoms with Crippen molar-refractivity contribution in [2.24, 2.45) is 0 Å². The van der Waals surface area contributed by atoms with Gasteiger partial charge in [-0.15, -0.1) is 0 Å². The van der Waals surface area contributed by atoms with Gasteiger partial charge in [0.05, 0.1) is 18.9 Å².